The van der Waals surface area contributed by atoms with Gasteiger partial charge in [-0.3, -0.25) is 9.59 Å². The SMILES string of the molecule is Cc1sc2nc3s/c(=C/c4ccccc4)c(=O)n3c(=O)c2c1C. The van der Waals surface area contributed by atoms with Gasteiger partial charge < -0.3 is 0 Å². The van der Waals surface area contributed by atoms with Crippen LogP contribution in [0.3, 0.4) is 0 Å². The number of hydrogen-bond donors (Lipinski definition) is 0. The summed E-state index contributed by atoms with van der Waals surface area (Å²) in [6.07, 6.45) is 1.80. The largest absolute Gasteiger partial charge is 0.277 e. The Morgan fingerprint density at radius 1 is 1.04 bits per heavy atom. The lowest BCUT2D eigenvalue weighted by atomic mass is 10.2. The van der Waals surface area contributed by atoms with E-state index in [-0.39, 0.29) is 11.1 Å². The van der Waals surface area contributed by atoms with Gasteiger partial charge in [0.2, 0.25) is 4.96 Å². The van der Waals surface area contributed by atoms with Gasteiger partial charge in [0.05, 0.1) is 9.92 Å². The van der Waals surface area contributed by atoms with Crippen LogP contribution >= 0.6 is 22.7 Å². The molecule has 3 aromatic heterocycles. The molecule has 0 spiro atoms. The van der Waals surface area contributed by atoms with Crippen LogP contribution < -0.4 is 15.7 Å². The molecule has 0 aliphatic carbocycles. The number of rotatable bonds is 1. The van der Waals surface area contributed by atoms with Gasteiger partial charge in [-0.1, -0.05) is 41.7 Å². The summed E-state index contributed by atoms with van der Waals surface area (Å²) < 4.78 is 1.72. The molecule has 0 atom stereocenters. The lowest BCUT2D eigenvalue weighted by molar-refractivity contribution is 1.05. The summed E-state index contributed by atoms with van der Waals surface area (Å²) >= 11 is 2.75. The molecule has 4 aromatic rings. The van der Waals surface area contributed by atoms with Crippen molar-refractivity contribution < 1.29 is 0 Å². The van der Waals surface area contributed by atoms with E-state index in [4.69, 9.17) is 0 Å². The van der Waals surface area contributed by atoms with E-state index < -0.39 is 0 Å². The van der Waals surface area contributed by atoms with Gasteiger partial charge in [-0.05, 0) is 31.1 Å². The van der Waals surface area contributed by atoms with Crippen molar-refractivity contribution in [1.82, 2.24) is 9.38 Å². The summed E-state index contributed by atoms with van der Waals surface area (Å²) in [4.78, 5) is 32.1. The van der Waals surface area contributed by atoms with Crippen LogP contribution in [-0.4, -0.2) is 9.38 Å². The molecule has 4 nitrogen and oxygen atoms in total. The van der Waals surface area contributed by atoms with Gasteiger partial charge in [0.25, 0.3) is 11.1 Å². The Bertz CT molecular complexity index is 1220. The van der Waals surface area contributed by atoms with Gasteiger partial charge in [0, 0.05) is 4.88 Å². The predicted octanol–water partition coefficient (Wildman–Crippen LogP) is 2.50. The molecular weight excluding hydrogens is 328 g/mol. The van der Waals surface area contributed by atoms with Crippen molar-refractivity contribution >= 4 is 43.9 Å². The maximum absolute atomic E-state index is 12.7. The van der Waals surface area contributed by atoms with E-state index in [0.717, 1.165) is 16.0 Å². The minimum atomic E-state index is -0.295. The molecule has 0 saturated heterocycles. The number of thiazole rings is 1. The molecule has 114 valence electrons. The molecule has 3 heterocycles. The quantitative estimate of drug-likeness (QED) is 0.535. The maximum atomic E-state index is 12.7. The minimum absolute atomic E-state index is 0.263. The van der Waals surface area contributed by atoms with E-state index in [1.807, 2.05) is 44.2 Å². The molecule has 0 radical (unpaired) electrons. The Hall–Kier alpha value is -2.31. The fourth-order valence-electron chi connectivity index (χ4n) is 2.57. The van der Waals surface area contributed by atoms with Gasteiger partial charge in [0.15, 0.2) is 0 Å². The molecule has 0 aliphatic rings. The van der Waals surface area contributed by atoms with Crippen LogP contribution in [0.25, 0.3) is 21.3 Å². The molecule has 0 N–H and O–H groups in total. The molecule has 0 saturated carbocycles. The van der Waals surface area contributed by atoms with Crippen LogP contribution in [0.1, 0.15) is 16.0 Å². The Balaban J connectivity index is 2.12. The molecular formula is C17H12N2O2S2. The van der Waals surface area contributed by atoms with E-state index in [0.29, 0.717) is 19.7 Å². The number of thiophene rings is 1. The van der Waals surface area contributed by atoms with Crippen LogP contribution in [0.2, 0.25) is 0 Å². The number of hydrogen-bond acceptors (Lipinski definition) is 5. The first-order valence-corrected chi connectivity index (χ1v) is 8.71. The highest BCUT2D eigenvalue weighted by Crippen LogP contribution is 2.26. The van der Waals surface area contributed by atoms with E-state index in [2.05, 4.69) is 4.98 Å². The van der Waals surface area contributed by atoms with Crippen molar-refractivity contribution in [2.24, 2.45) is 0 Å². The molecule has 0 amide bonds. The highest BCUT2D eigenvalue weighted by Gasteiger charge is 2.16. The summed E-state index contributed by atoms with van der Waals surface area (Å²) in [5, 5.41) is 0.561. The summed E-state index contributed by atoms with van der Waals surface area (Å²) in [7, 11) is 0. The first-order valence-electron chi connectivity index (χ1n) is 7.08. The highest BCUT2D eigenvalue weighted by atomic mass is 32.1. The van der Waals surface area contributed by atoms with Crippen LogP contribution in [0, 0.1) is 13.8 Å². The van der Waals surface area contributed by atoms with Gasteiger partial charge in [-0.2, -0.15) is 0 Å². The first kappa shape index (κ1) is 14.3. The van der Waals surface area contributed by atoms with Crippen molar-refractivity contribution in [3.63, 3.8) is 0 Å². The van der Waals surface area contributed by atoms with E-state index in [1.165, 1.54) is 27.1 Å². The molecule has 0 unspecified atom stereocenters. The zero-order valence-corrected chi connectivity index (χ0v) is 14.1. The zero-order chi connectivity index (χ0) is 16.1. The number of nitrogens with zero attached hydrogens (tertiary/aromatic N) is 2. The third kappa shape index (κ3) is 2.14. The Morgan fingerprint density at radius 3 is 2.52 bits per heavy atom. The fraction of sp³-hybridized carbons (Fsp3) is 0.118. The van der Waals surface area contributed by atoms with Crippen molar-refractivity contribution in [3.8, 4) is 0 Å². The third-order valence-corrected chi connectivity index (χ3v) is 5.95. The van der Waals surface area contributed by atoms with E-state index in [1.54, 1.807) is 6.08 Å². The van der Waals surface area contributed by atoms with Crippen LogP contribution in [-0.2, 0) is 0 Å². The van der Waals surface area contributed by atoms with E-state index in [9.17, 15) is 9.59 Å². The number of aromatic nitrogens is 2. The second-order valence-corrected chi connectivity index (χ2v) is 7.54. The Kier molecular flexibility index (Phi) is 3.18. The average Bonchev–Trinajstić information content (AvgIpc) is 2.99. The second kappa shape index (κ2) is 5.11. The second-order valence-electron chi connectivity index (χ2n) is 5.32. The van der Waals surface area contributed by atoms with Gasteiger partial charge in [-0.15, -0.1) is 11.3 Å². The first-order chi connectivity index (χ1) is 11.1. The molecule has 6 heteroatoms. The monoisotopic (exact) mass is 340 g/mol. The Morgan fingerprint density at radius 2 is 1.78 bits per heavy atom. The molecule has 0 bridgehead atoms. The molecule has 0 fully saturated rings. The summed E-state index contributed by atoms with van der Waals surface area (Å²) in [5.74, 6) is 0. The third-order valence-electron chi connectivity index (χ3n) is 3.88. The summed E-state index contributed by atoms with van der Waals surface area (Å²) in [5.41, 5.74) is 1.28. The van der Waals surface area contributed by atoms with Gasteiger partial charge in [-0.25, -0.2) is 9.38 Å². The molecule has 23 heavy (non-hydrogen) atoms. The number of benzene rings is 1. The van der Waals surface area contributed by atoms with Gasteiger partial charge >= 0.3 is 0 Å². The summed E-state index contributed by atoms with van der Waals surface area (Å²) in [6.45, 7) is 3.87. The minimum Gasteiger partial charge on any atom is -0.268 e. The number of fused-ring (bicyclic) bond motifs is 2. The average molecular weight is 340 g/mol. The maximum Gasteiger partial charge on any atom is 0.277 e. The highest BCUT2D eigenvalue weighted by molar-refractivity contribution is 7.19. The van der Waals surface area contributed by atoms with Gasteiger partial charge in [0.1, 0.15) is 4.83 Å². The molecule has 4 rings (SSSR count). The molecule has 1 aromatic carbocycles. The van der Waals surface area contributed by atoms with Crippen molar-refractivity contribution in [2.75, 3.05) is 0 Å². The summed E-state index contributed by atoms with van der Waals surface area (Å²) in [6, 6.07) is 9.59. The lowest BCUT2D eigenvalue weighted by Crippen LogP contribution is -2.31. The standard InChI is InChI=1S/C17H12N2O2S2/c1-9-10(2)22-14-13(9)16(21)19-15(20)12(23-17(19)18-14)8-11-6-4-3-5-7-11/h3-8H,1-2H3/b12-8+. The Labute approximate surface area is 139 Å². The normalized spacial score (nSPS) is 12.5. The van der Waals surface area contributed by atoms with Crippen LogP contribution in [0.15, 0.2) is 39.9 Å². The van der Waals surface area contributed by atoms with Crippen molar-refractivity contribution in [2.45, 2.75) is 13.8 Å². The lowest BCUT2D eigenvalue weighted by Gasteiger charge is -1.92. The zero-order valence-electron chi connectivity index (χ0n) is 12.5. The van der Waals surface area contributed by atoms with E-state index >= 15 is 0 Å². The topological polar surface area (TPSA) is 51.4 Å². The van der Waals surface area contributed by atoms with Crippen molar-refractivity contribution in [3.05, 3.63) is 71.6 Å². The predicted molar refractivity (Wildman–Crippen MR) is 95.7 cm³/mol. The number of aryl methyl sites for hydroxylation is 2. The smallest absolute Gasteiger partial charge is 0.268 e. The fourth-order valence-corrected chi connectivity index (χ4v) is 4.61. The molecule has 0 aliphatic heterocycles. The van der Waals surface area contributed by atoms with Crippen LogP contribution in [0.4, 0.5) is 0 Å². The van der Waals surface area contributed by atoms with Crippen LogP contribution in [0.5, 0.6) is 0 Å². The van der Waals surface area contributed by atoms with Crippen molar-refractivity contribution in [1.29, 1.82) is 0 Å².